The van der Waals surface area contributed by atoms with Crippen molar-refractivity contribution in [3.8, 4) is 11.5 Å². The first-order valence-corrected chi connectivity index (χ1v) is 8.03. The van der Waals surface area contributed by atoms with Crippen LogP contribution in [0.1, 0.15) is 31.4 Å². The summed E-state index contributed by atoms with van der Waals surface area (Å²) in [6.07, 6.45) is 2.33. The van der Waals surface area contributed by atoms with Crippen molar-refractivity contribution >= 4 is 5.91 Å². The van der Waals surface area contributed by atoms with E-state index < -0.39 is 0 Å². The van der Waals surface area contributed by atoms with Gasteiger partial charge >= 0.3 is 0 Å². The van der Waals surface area contributed by atoms with Crippen LogP contribution in [0.4, 0.5) is 0 Å². The van der Waals surface area contributed by atoms with Gasteiger partial charge in [0.15, 0.2) is 11.5 Å². The van der Waals surface area contributed by atoms with Crippen molar-refractivity contribution in [3.05, 3.63) is 23.8 Å². The van der Waals surface area contributed by atoms with E-state index >= 15 is 0 Å². The van der Waals surface area contributed by atoms with Crippen LogP contribution < -0.4 is 20.1 Å². The molecule has 1 saturated carbocycles. The minimum absolute atomic E-state index is 0.0385. The van der Waals surface area contributed by atoms with Crippen LogP contribution in [0, 0.1) is 11.8 Å². The van der Waals surface area contributed by atoms with Gasteiger partial charge in [0.25, 0.3) is 0 Å². The van der Waals surface area contributed by atoms with Gasteiger partial charge in [0.1, 0.15) is 13.2 Å². The van der Waals surface area contributed by atoms with Crippen molar-refractivity contribution in [2.75, 3.05) is 26.8 Å². The lowest BCUT2D eigenvalue weighted by Crippen LogP contribution is -2.37. The summed E-state index contributed by atoms with van der Waals surface area (Å²) in [7, 11) is 1.86. The van der Waals surface area contributed by atoms with Crippen LogP contribution in [0.15, 0.2) is 18.2 Å². The maximum absolute atomic E-state index is 12.3. The Morgan fingerprint density at radius 2 is 2.00 bits per heavy atom. The second kappa shape index (κ2) is 6.57. The van der Waals surface area contributed by atoms with E-state index in [0.29, 0.717) is 25.7 Å². The maximum atomic E-state index is 12.3. The standard InChI is InChI=1S/C17H24N2O3/c1-11(10-18-2)17(20)19-16(12-3-4-12)13-5-6-14-15(9-13)22-8-7-21-14/h5-6,9,11-12,16,18H,3-4,7-8,10H2,1-2H3,(H,19,20). The summed E-state index contributed by atoms with van der Waals surface area (Å²) in [5, 5.41) is 6.26. The molecule has 0 bridgehead atoms. The van der Waals surface area contributed by atoms with Crippen LogP contribution in [0.5, 0.6) is 11.5 Å². The molecule has 0 aromatic heterocycles. The summed E-state index contributed by atoms with van der Waals surface area (Å²) >= 11 is 0. The van der Waals surface area contributed by atoms with Crippen molar-refractivity contribution in [2.45, 2.75) is 25.8 Å². The van der Waals surface area contributed by atoms with Gasteiger partial charge in [-0.2, -0.15) is 0 Å². The van der Waals surface area contributed by atoms with Gasteiger partial charge in [0, 0.05) is 12.5 Å². The Bertz CT molecular complexity index is 543. The van der Waals surface area contributed by atoms with Gasteiger partial charge in [-0.15, -0.1) is 0 Å². The topological polar surface area (TPSA) is 59.6 Å². The lowest BCUT2D eigenvalue weighted by Gasteiger charge is -2.24. The van der Waals surface area contributed by atoms with Crippen molar-refractivity contribution < 1.29 is 14.3 Å². The van der Waals surface area contributed by atoms with Crippen molar-refractivity contribution in [2.24, 2.45) is 11.8 Å². The van der Waals surface area contributed by atoms with E-state index in [0.717, 1.165) is 17.1 Å². The van der Waals surface area contributed by atoms with E-state index in [1.807, 2.05) is 32.2 Å². The number of amides is 1. The fourth-order valence-electron chi connectivity index (χ4n) is 2.85. The third kappa shape index (κ3) is 3.35. The zero-order valence-corrected chi connectivity index (χ0v) is 13.2. The molecule has 2 atom stereocenters. The van der Waals surface area contributed by atoms with Gasteiger partial charge in [-0.05, 0) is 43.5 Å². The van der Waals surface area contributed by atoms with E-state index in [2.05, 4.69) is 10.6 Å². The zero-order chi connectivity index (χ0) is 15.5. The predicted molar refractivity (Wildman–Crippen MR) is 84.1 cm³/mol. The van der Waals surface area contributed by atoms with Crippen LogP contribution in [-0.4, -0.2) is 32.7 Å². The smallest absolute Gasteiger partial charge is 0.224 e. The Morgan fingerprint density at radius 3 is 2.68 bits per heavy atom. The molecule has 120 valence electrons. The molecular weight excluding hydrogens is 280 g/mol. The summed E-state index contributed by atoms with van der Waals surface area (Å²) in [6.45, 7) is 3.80. The lowest BCUT2D eigenvalue weighted by molar-refractivity contribution is -0.125. The van der Waals surface area contributed by atoms with Crippen LogP contribution in [-0.2, 0) is 4.79 Å². The quantitative estimate of drug-likeness (QED) is 0.842. The highest BCUT2D eigenvalue weighted by atomic mass is 16.6. The average Bonchev–Trinajstić information content (AvgIpc) is 3.37. The Balaban J connectivity index is 1.75. The molecule has 2 aliphatic rings. The Morgan fingerprint density at radius 1 is 1.27 bits per heavy atom. The number of nitrogens with one attached hydrogen (secondary N) is 2. The maximum Gasteiger partial charge on any atom is 0.224 e. The third-order valence-corrected chi connectivity index (χ3v) is 4.27. The number of carbonyl (C=O) groups is 1. The minimum atomic E-state index is -0.0385. The molecule has 2 unspecified atom stereocenters. The van der Waals surface area contributed by atoms with E-state index in [9.17, 15) is 4.79 Å². The largest absolute Gasteiger partial charge is 0.486 e. The van der Waals surface area contributed by atoms with Crippen LogP contribution >= 0.6 is 0 Å². The van der Waals surface area contributed by atoms with Crippen LogP contribution in [0.2, 0.25) is 0 Å². The van der Waals surface area contributed by atoms with Gasteiger partial charge in [-0.1, -0.05) is 13.0 Å². The van der Waals surface area contributed by atoms with E-state index in [1.165, 1.54) is 12.8 Å². The van der Waals surface area contributed by atoms with Crippen LogP contribution in [0.25, 0.3) is 0 Å². The average molecular weight is 304 g/mol. The number of hydrogen-bond donors (Lipinski definition) is 2. The molecule has 2 N–H and O–H groups in total. The third-order valence-electron chi connectivity index (χ3n) is 4.27. The fraction of sp³-hybridized carbons (Fsp3) is 0.588. The number of benzene rings is 1. The van der Waals surface area contributed by atoms with Crippen molar-refractivity contribution in [1.29, 1.82) is 0 Å². The molecule has 0 saturated heterocycles. The highest BCUT2D eigenvalue weighted by molar-refractivity contribution is 5.79. The summed E-state index contributed by atoms with van der Waals surface area (Å²) in [5.41, 5.74) is 1.11. The molecule has 1 aliphatic carbocycles. The molecule has 1 fully saturated rings. The van der Waals surface area contributed by atoms with E-state index in [-0.39, 0.29) is 17.9 Å². The predicted octanol–water partition coefficient (Wildman–Crippen LogP) is 1.88. The number of hydrogen-bond acceptors (Lipinski definition) is 4. The number of ether oxygens (including phenoxy) is 2. The molecule has 0 radical (unpaired) electrons. The van der Waals surface area contributed by atoms with E-state index in [1.54, 1.807) is 0 Å². The summed E-state index contributed by atoms with van der Waals surface area (Å²) in [4.78, 5) is 12.3. The summed E-state index contributed by atoms with van der Waals surface area (Å²) in [5.74, 6) is 2.17. The molecule has 1 amide bonds. The van der Waals surface area contributed by atoms with Gasteiger partial charge < -0.3 is 20.1 Å². The van der Waals surface area contributed by atoms with Gasteiger partial charge in [0.2, 0.25) is 5.91 Å². The Labute approximate surface area is 131 Å². The molecule has 3 rings (SSSR count). The molecular formula is C17H24N2O3. The van der Waals surface area contributed by atoms with Crippen LogP contribution in [0.3, 0.4) is 0 Å². The number of fused-ring (bicyclic) bond motifs is 1. The monoisotopic (exact) mass is 304 g/mol. The minimum Gasteiger partial charge on any atom is -0.486 e. The number of rotatable bonds is 6. The van der Waals surface area contributed by atoms with Gasteiger partial charge in [-0.3, -0.25) is 4.79 Å². The van der Waals surface area contributed by atoms with Gasteiger partial charge in [0.05, 0.1) is 6.04 Å². The zero-order valence-electron chi connectivity index (χ0n) is 13.2. The molecule has 5 nitrogen and oxygen atoms in total. The first-order chi connectivity index (χ1) is 10.7. The highest BCUT2D eigenvalue weighted by Gasteiger charge is 2.34. The summed E-state index contributed by atoms with van der Waals surface area (Å²) < 4.78 is 11.2. The Hall–Kier alpha value is -1.75. The second-order valence-electron chi connectivity index (χ2n) is 6.19. The van der Waals surface area contributed by atoms with Crippen molar-refractivity contribution in [3.63, 3.8) is 0 Å². The normalized spacial score (nSPS) is 19.4. The molecule has 1 aromatic rings. The first-order valence-electron chi connectivity index (χ1n) is 8.03. The second-order valence-corrected chi connectivity index (χ2v) is 6.19. The molecule has 1 aliphatic heterocycles. The first kappa shape index (κ1) is 15.2. The highest BCUT2D eigenvalue weighted by Crippen LogP contribution is 2.43. The molecule has 0 spiro atoms. The van der Waals surface area contributed by atoms with E-state index in [4.69, 9.17) is 9.47 Å². The lowest BCUT2D eigenvalue weighted by atomic mass is 10.0. The number of carbonyl (C=O) groups excluding carboxylic acids is 1. The Kier molecular flexibility index (Phi) is 4.52. The molecule has 5 heteroatoms. The molecule has 1 aromatic carbocycles. The van der Waals surface area contributed by atoms with Crippen molar-refractivity contribution in [1.82, 2.24) is 10.6 Å². The molecule has 22 heavy (non-hydrogen) atoms. The molecule has 1 heterocycles. The summed E-state index contributed by atoms with van der Waals surface area (Å²) in [6, 6.07) is 6.07. The SMILES string of the molecule is CNCC(C)C(=O)NC(c1ccc2c(c1)OCCO2)C1CC1. The fourth-order valence-corrected chi connectivity index (χ4v) is 2.85. The van der Waals surface area contributed by atoms with Gasteiger partial charge in [-0.25, -0.2) is 0 Å².